The predicted molar refractivity (Wildman–Crippen MR) is 97.8 cm³/mol. The molecular weight excluding hydrogens is 370 g/mol. The van der Waals surface area contributed by atoms with E-state index in [0.29, 0.717) is 5.69 Å². The molecule has 0 saturated carbocycles. The van der Waals surface area contributed by atoms with Crippen LogP contribution in [0.5, 0.6) is 0 Å². The summed E-state index contributed by atoms with van der Waals surface area (Å²) in [5.74, 6) is -2.23. The van der Waals surface area contributed by atoms with Crippen LogP contribution in [-0.4, -0.2) is 27.5 Å². The molecule has 1 atom stereocenters. The average molecular weight is 385 g/mol. The predicted octanol–water partition coefficient (Wildman–Crippen LogP) is 2.07. The SMILES string of the molecule is CC(OC(=O)Cn1c(=O)oc2cc([N+](=O)[O-])ccc21)C(=O)Nc1ccccc1. The summed E-state index contributed by atoms with van der Waals surface area (Å²) in [5.41, 5.74) is 0.479. The van der Waals surface area contributed by atoms with Crippen molar-refractivity contribution in [2.24, 2.45) is 0 Å². The quantitative estimate of drug-likeness (QED) is 0.390. The maximum absolute atomic E-state index is 12.1. The molecule has 3 rings (SSSR count). The van der Waals surface area contributed by atoms with Gasteiger partial charge in [-0.15, -0.1) is 0 Å². The van der Waals surface area contributed by atoms with Crippen molar-refractivity contribution in [1.82, 2.24) is 4.57 Å². The molecule has 0 spiro atoms. The summed E-state index contributed by atoms with van der Waals surface area (Å²) in [4.78, 5) is 46.4. The highest BCUT2D eigenvalue weighted by atomic mass is 16.6. The number of carbonyl (C=O) groups is 2. The Balaban J connectivity index is 1.69. The zero-order chi connectivity index (χ0) is 20.3. The largest absolute Gasteiger partial charge is 0.451 e. The van der Waals surface area contributed by atoms with Gasteiger partial charge in [-0.2, -0.15) is 0 Å². The van der Waals surface area contributed by atoms with Crippen molar-refractivity contribution in [3.63, 3.8) is 0 Å². The van der Waals surface area contributed by atoms with Crippen molar-refractivity contribution in [2.45, 2.75) is 19.6 Å². The van der Waals surface area contributed by atoms with Gasteiger partial charge in [-0.25, -0.2) is 4.79 Å². The number of benzene rings is 2. The number of non-ortho nitro benzene ring substituents is 1. The lowest BCUT2D eigenvalue weighted by molar-refractivity contribution is -0.384. The third-order valence-electron chi connectivity index (χ3n) is 3.87. The number of hydrogen-bond acceptors (Lipinski definition) is 7. The van der Waals surface area contributed by atoms with Crippen molar-refractivity contribution in [3.05, 3.63) is 69.2 Å². The maximum atomic E-state index is 12.1. The number of nitrogens with one attached hydrogen (secondary N) is 1. The first kappa shape index (κ1) is 18.8. The second-order valence-electron chi connectivity index (χ2n) is 5.85. The van der Waals surface area contributed by atoms with Gasteiger partial charge in [0, 0.05) is 11.8 Å². The summed E-state index contributed by atoms with van der Waals surface area (Å²) in [6, 6.07) is 12.2. The minimum atomic E-state index is -1.09. The summed E-state index contributed by atoms with van der Waals surface area (Å²) >= 11 is 0. The standard InChI is InChI=1S/C18H15N3O7/c1-11(17(23)19-12-5-3-2-4-6-12)27-16(22)10-20-14-8-7-13(21(25)26)9-15(14)28-18(20)24/h2-9,11H,10H2,1H3,(H,19,23). The molecule has 0 fully saturated rings. The van der Waals surface area contributed by atoms with Crippen LogP contribution >= 0.6 is 0 Å². The number of ether oxygens (including phenoxy) is 1. The zero-order valence-corrected chi connectivity index (χ0v) is 14.7. The molecule has 0 radical (unpaired) electrons. The average Bonchev–Trinajstić information content (AvgIpc) is 2.97. The van der Waals surface area contributed by atoms with Gasteiger partial charge in [-0.05, 0) is 25.1 Å². The summed E-state index contributed by atoms with van der Waals surface area (Å²) in [6.07, 6.45) is -1.09. The Labute approximate surface area is 157 Å². The molecule has 28 heavy (non-hydrogen) atoms. The van der Waals surface area contributed by atoms with Crippen LogP contribution in [0.3, 0.4) is 0 Å². The molecule has 10 nitrogen and oxygen atoms in total. The molecule has 3 aromatic rings. The molecule has 1 heterocycles. The van der Waals surface area contributed by atoms with Gasteiger partial charge >= 0.3 is 11.7 Å². The number of aromatic nitrogens is 1. The van der Waals surface area contributed by atoms with E-state index in [4.69, 9.17) is 9.15 Å². The van der Waals surface area contributed by atoms with Gasteiger partial charge < -0.3 is 14.5 Å². The fraction of sp³-hybridized carbons (Fsp3) is 0.167. The van der Waals surface area contributed by atoms with Crippen molar-refractivity contribution in [1.29, 1.82) is 0 Å². The monoisotopic (exact) mass is 385 g/mol. The molecule has 1 N–H and O–H groups in total. The first-order valence-corrected chi connectivity index (χ1v) is 8.18. The van der Waals surface area contributed by atoms with E-state index in [9.17, 15) is 24.5 Å². The van der Waals surface area contributed by atoms with Gasteiger partial charge in [0.25, 0.3) is 11.6 Å². The van der Waals surface area contributed by atoms with E-state index in [1.807, 2.05) is 0 Å². The number of nitro benzene ring substituents is 1. The van der Waals surface area contributed by atoms with Gasteiger partial charge in [0.05, 0.1) is 16.5 Å². The van der Waals surface area contributed by atoms with Crippen LogP contribution in [0, 0.1) is 10.1 Å². The number of carbonyl (C=O) groups excluding carboxylic acids is 2. The summed E-state index contributed by atoms with van der Waals surface area (Å²) in [5, 5.41) is 13.4. The van der Waals surface area contributed by atoms with Gasteiger partial charge in [-0.3, -0.25) is 24.3 Å². The van der Waals surface area contributed by atoms with Crippen LogP contribution in [-0.2, 0) is 20.9 Å². The molecule has 0 aliphatic rings. The van der Waals surface area contributed by atoms with Gasteiger partial charge in [0.1, 0.15) is 6.54 Å². The van der Waals surface area contributed by atoms with Crippen LogP contribution in [0.15, 0.2) is 57.7 Å². The number of nitrogens with zero attached hydrogens (tertiary/aromatic N) is 2. The molecule has 10 heteroatoms. The lowest BCUT2D eigenvalue weighted by atomic mass is 10.3. The minimum absolute atomic E-state index is 0.0260. The Hall–Kier alpha value is -3.95. The van der Waals surface area contributed by atoms with Crippen molar-refractivity contribution >= 4 is 34.4 Å². The number of nitro groups is 1. The first-order chi connectivity index (χ1) is 13.3. The Morgan fingerprint density at radius 3 is 2.64 bits per heavy atom. The van der Waals surface area contributed by atoms with Gasteiger partial charge in [0.2, 0.25) is 0 Å². The Kier molecular flexibility index (Phi) is 5.21. The number of fused-ring (bicyclic) bond motifs is 1. The number of amides is 1. The van der Waals surface area contributed by atoms with E-state index in [-0.39, 0.29) is 16.8 Å². The molecule has 0 aliphatic heterocycles. The summed E-state index contributed by atoms with van der Waals surface area (Å²) in [7, 11) is 0. The second kappa shape index (κ2) is 7.74. The highest BCUT2D eigenvalue weighted by molar-refractivity contribution is 5.95. The van der Waals surface area contributed by atoms with E-state index < -0.39 is 35.2 Å². The molecule has 0 bridgehead atoms. The van der Waals surface area contributed by atoms with Crippen molar-refractivity contribution in [3.8, 4) is 0 Å². The van der Waals surface area contributed by atoms with Crippen molar-refractivity contribution < 1.29 is 23.7 Å². The van der Waals surface area contributed by atoms with Crippen LogP contribution in [0.1, 0.15) is 6.92 Å². The van der Waals surface area contributed by atoms with Gasteiger partial charge in [0.15, 0.2) is 11.7 Å². The van der Waals surface area contributed by atoms with Crippen LogP contribution < -0.4 is 11.1 Å². The molecule has 144 valence electrons. The lowest BCUT2D eigenvalue weighted by Gasteiger charge is -2.13. The van der Waals surface area contributed by atoms with Crippen LogP contribution in [0.4, 0.5) is 11.4 Å². The summed E-state index contributed by atoms with van der Waals surface area (Å²) < 4.78 is 11.0. The fourth-order valence-electron chi connectivity index (χ4n) is 2.50. The first-order valence-electron chi connectivity index (χ1n) is 8.18. The normalized spacial score (nSPS) is 11.8. The van der Waals surface area contributed by atoms with Crippen molar-refractivity contribution in [2.75, 3.05) is 5.32 Å². The Bertz CT molecular complexity index is 1100. The van der Waals surface area contributed by atoms with E-state index in [0.717, 1.165) is 10.6 Å². The van der Waals surface area contributed by atoms with E-state index in [1.165, 1.54) is 19.1 Å². The Morgan fingerprint density at radius 2 is 1.96 bits per heavy atom. The molecule has 0 saturated heterocycles. The fourth-order valence-corrected chi connectivity index (χ4v) is 2.50. The number of anilines is 1. The number of para-hydroxylation sites is 1. The van der Waals surface area contributed by atoms with Crippen LogP contribution in [0.2, 0.25) is 0 Å². The number of oxazole rings is 1. The highest BCUT2D eigenvalue weighted by Gasteiger charge is 2.21. The smallest absolute Gasteiger partial charge is 0.420 e. The molecule has 1 amide bonds. The second-order valence-corrected chi connectivity index (χ2v) is 5.85. The molecular formula is C18H15N3O7. The van der Waals surface area contributed by atoms with Gasteiger partial charge in [-0.1, -0.05) is 18.2 Å². The zero-order valence-electron chi connectivity index (χ0n) is 14.7. The molecule has 1 unspecified atom stereocenters. The minimum Gasteiger partial charge on any atom is -0.451 e. The number of esters is 1. The summed E-state index contributed by atoms with van der Waals surface area (Å²) in [6.45, 7) is 0.891. The third kappa shape index (κ3) is 4.06. The topological polar surface area (TPSA) is 134 Å². The number of hydrogen-bond donors (Lipinski definition) is 1. The molecule has 0 aliphatic carbocycles. The highest BCUT2D eigenvalue weighted by Crippen LogP contribution is 2.20. The molecule has 2 aromatic carbocycles. The Morgan fingerprint density at radius 1 is 1.25 bits per heavy atom. The van der Waals surface area contributed by atoms with Crippen LogP contribution in [0.25, 0.3) is 11.1 Å². The number of rotatable bonds is 6. The van der Waals surface area contributed by atoms with E-state index in [1.54, 1.807) is 30.3 Å². The van der Waals surface area contributed by atoms with E-state index >= 15 is 0 Å². The lowest BCUT2D eigenvalue weighted by Crippen LogP contribution is -2.32. The maximum Gasteiger partial charge on any atom is 0.420 e. The third-order valence-corrected chi connectivity index (χ3v) is 3.87. The molecule has 1 aromatic heterocycles. The van der Waals surface area contributed by atoms with E-state index in [2.05, 4.69) is 5.32 Å².